The lowest BCUT2D eigenvalue weighted by molar-refractivity contribution is -0.0850. The Morgan fingerprint density at radius 1 is 1.17 bits per heavy atom. The number of hydrogen-bond acceptors (Lipinski definition) is 4. The van der Waals surface area contributed by atoms with Crippen molar-refractivity contribution in [2.24, 2.45) is 10.4 Å². The van der Waals surface area contributed by atoms with Gasteiger partial charge in [0.15, 0.2) is 5.96 Å². The molecular formula is C18H34N4O2. The Bertz CT molecular complexity index is 446. The highest BCUT2D eigenvalue weighted by atomic mass is 16.5. The van der Waals surface area contributed by atoms with Gasteiger partial charge in [-0.15, -0.1) is 0 Å². The van der Waals surface area contributed by atoms with Gasteiger partial charge in [0.25, 0.3) is 0 Å². The number of ether oxygens (including phenoxy) is 2. The number of likely N-dealkylation sites (tertiary alicyclic amines) is 1. The number of aliphatic imine (C=N–C) groups is 1. The van der Waals surface area contributed by atoms with E-state index in [-0.39, 0.29) is 5.60 Å². The number of guanidine groups is 1. The molecular weight excluding hydrogens is 304 g/mol. The van der Waals surface area contributed by atoms with Gasteiger partial charge in [0.05, 0.1) is 25.4 Å². The number of nitrogens with zero attached hydrogens (tertiary/aromatic N) is 3. The summed E-state index contributed by atoms with van der Waals surface area (Å²) in [6.45, 7) is 16.1. The minimum Gasteiger partial charge on any atom is -0.381 e. The number of hydrogen-bond donors (Lipinski definition) is 1. The molecule has 0 aromatic heterocycles. The van der Waals surface area contributed by atoms with Crippen molar-refractivity contribution in [3.05, 3.63) is 0 Å². The minimum atomic E-state index is -0.0315. The van der Waals surface area contributed by atoms with Gasteiger partial charge in [-0.25, -0.2) is 0 Å². The van der Waals surface area contributed by atoms with Crippen molar-refractivity contribution in [3.63, 3.8) is 0 Å². The first-order chi connectivity index (χ1) is 11.5. The summed E-state index contributed by atoms with van der Waals surface area (Å²) in [5, 5.41) is 3.48. The second-order valence-electron chi connectivity index (χ2n) is 8.09. The molecule has 0 aromatic rings. The number of nitrogens with one attached hydrogen (secondary N) is 1. The predicted octanol–water partition coefficient (Wildman–Crippen LogP) is 1.18. The fourth-order valence-corrected chi connectivity index (χ4v) is 4.12. The van der Waals surface area contributed by atoms with Gasteiger partial charge in [-0.05, 0) is 33.6 Å². The van der Waals surface area contributed by atoms with Gasteiger partial charge >= 0.3 is 0 Å². The Kier molecular flexibility index (Phi) is 5.67. The lowest BCUT2D eigenvalue weighted by Gasteiger charge is -2.38. The summed E-state index contributed by atoms with van der Waals surface area (Å²) in [4.78, 5) is 9.80. The first kappa shape index (κ1) is 18.0. The molecule has 6 heteroatoms. The maximum atomic E-state index is 5.79. The van der Waals surface area contributed by atoms with Crippen molar-refractivity contribution in [2.45, 2.75) is 39.2 Å². The fourth-order valence-electron chi connectivity index (χ4n) is 4.12. The Labute approximate surface area is 146 Å². The summed E-state index contributed by atoms with van der Waals surface area (Å²) in [6, 6.07) is 0. The molecule has 1 atom stereocenters. The zero-order valence-corrected chi connectivity index (χ0v) is 15.6. The van der Waals surface area contributed by atoms with Crippen LogP contribution in [0.15, 0.2) is 4.99 Å². The van der Waals surface area contributed by atoms with Crippen LogP contribution in [0.5, 0.6) is 0 Å². The average molecular weight is 338 g/mol. The third kappa shape index (κ3) is 4.41. The second-order valence-corrected chi connectivity index (χ2v) is 8.09. The first-order valence-corrected chi connectivity index (χ1v) is 9.49. The third-order valence-corrected chi connectivity index (χ3v) is 5.44. The quantitative estimate of drug-likeness (QED) is 0.616. The molecule has 0 radical (unpaired) electrons. The maximum absolute atomic E-state index is 5.79. The van der Waals surface area contributed by atoms with Gasteiger partial charge < -0.3 is 19.7 Å². The summed E-state index contributed by atoms with van der Waals surface area (Å²) < 4.78 is 11.4. The molecule has 0 saturated carbocycles. The molecule has 3 aliphatic heterocycles. The average Bonchev–Trinajstić information content (AvgIpc) is 3.16. The standard InChI is InChI=1S/C18H34N4O2/c1-4-19-16(22-8-5-18(14-22)6-11-23-15-18)20-7-9-21-10-12-24-17(2,3)13-21/h4-15H2,1-3H3,(H,19,20). The van der Waals surface area contributed by atoms with Gasteiger partial charge in [0.1, 0.15) is 0 Å². The van der Waals surface area contributed by atoms with Crippen molar-refractivity contribution in [3.8, 4) is 0 Å². The highest BCUT2D eigenvalue weighted by Crippen LogP contribution is 2.38. The minimum absolute atomic E-state index is 0.0315. The van der Waals surface area contributed by atoms with Crippen LogP contribution in [-0.4, -0.2) is 87.0 Å². The van der Waals surface area contributed by atoms with Crippen LogP contribution in [0.3, 0.4) is 0 Å². The number of morpholine rings is 1. The summed E-state index contributed by atoms with van der Waals surface area (Å²) >= 11 is 0. The van der Waals surface area contributed by atoms with Gasteiger partial charge in [0.2, 0.25) is 0 Å². The second kappa shape index (κ2) is 7.58. The molecule has 0 aliphatic carbocycles. The SMILES string of the molecule is CCNC(=NCCN1CCOC(C)(C)C1)N1CCC2(CCOC2)C1. The van der Waals surface area contributed by atoms with E-state index >= 15 is 0 Å². The van der Waals surface area contributed by atoms with E-state index in [9.17, 15) is 0 Å². The normalized spacial score (nSPS) is 31.1. The van der Waals surface area contributed by atoms with E-state index in [1.807, 2.05) is 0 Å². The van der Waals surface area contributed by atoms with Crippen LogP contribution in [0, 0.1) is 5.41 Å². The Morgan fingerprint density at radius 3 is 2.75 bits per heavy atom. The lowest BCUT2D eigenvalue weighted by Crippen LogP contribution is -2.49. The molecule has 1 spiro atoms. The molecule has 0 aromatic carbocycles. The molecule has 3 fully saturated rings. The lowest BCUT2D eigenvalue weighted by atomic mass is 9.87. The van der Waals surface area contributed by atoms with E-state index in [4.69, 9.17) is 14.5 Å². The third-order valence-electron chi connectivity index (χ3n) is 5.44. The van der Waals surface area contributed by atoms with E-state index in [1.54, 1.807) is 0 Å². The summed E-state index contributed by atoms with van der Waals surface area (Å²) in [6.07, 6.45) is 2.43. The number of rotatable bonds is 4. The van der Waals surface area contributed by atoms with E-state index in [1.165, 1.54) is 12.8 Å². The van der Waals surface area contributed by atoms with Crippen LogP contribution in [0.4, 0.5) is 0 Å². The van der Waals surface area contributed by atoms with Crippen LogP contribution < -0.4 is 5.32 Å². The van der Waals surface area contributed by atoms with Crippen molar-refractivity contribution in [1.29, 1.82) is 0 Å². The monoisotopic (exact) mass is 338 g/mol. The molecule has 0 bridgehead atoms. The summed E-state index contributed by atoms with van der Waals surface area (Å²) in [7, 11) is 0. The highest BCUT2D eigenvalue weighted by molar-refractivity contribution is 5.80. The Hall–Kier alpha value is -0.850. The summed E-state index contributed by atoms with van der Waals surface area (Å²) in [5.41, 5.74) is 0.348. The molecule has 6 nitrogen and oxygen atoms in total. The molecule has 1 unspecified atom stereocenters. The molecule has 1 N–H and O–H groups in total. The largest absolute Gasteiger partial charge is 0.381 e. The van der Waals surface area contributed by atoms with Crippen LogP contribution in [0.1, 0.15) is 33.6 Å². The smallest absolute Gasteiger partial charge is 0.193 e. The van der Waals surface area contributed by atoms with E-state index in [0.717, 1.165) is 71.6 Å². The van der Waals surface area contributed by atoms with Gasteiger partial charge in [-0.3, -0.25) is 9.89 Å². The first-order valence-electron chi connectivity index (χ1n) is 9.49. The Morgan fingerprint density at radius 2 is 2.04 bits per heavy atom. The van der Waals surface area contributed by atoms with Gasteiger partial charge in [-0.1, -0.05) is 0 Å². The van der Waals surface area contributed by atoms with Crippen LogP contribution in [0.25, 0.3) is 0 Å². The molecule has 138 valence electrons. The van der Waals surface area contributed by atoms with Crippen molar-refractivity contribution in [1.82, 2.24) is 15.1 Å². The molecule has 3 rings (SSSR count). The molecule has 24 heavy (non-hydrogen) atoms. The Balaban J connectivity index is 1.52. The fraction of sp³-hybridized carbons (Fsp3) is 0.944. The molecule has 3 saturated heterocycles. The van der Waals surface area contributed by atoms with Crippen molar-refractivity contribution < 1.29 is 9.47 Å². The topological polar surface area (TPSA) is 49.3 Å². The highest BCUT2D eigenvalue weighted by Gasteiger charge is 2.42. The molecule has 3 heterocycles. The summed E-state index contributed by atoms with van der Waals surface area (Å²) in [5.74, 6) is 1.08. The van der Waals surface area contributed by atoms with Crippen LogP contribution in [-0.2, 0) is 9.47 Å². The van der Waals surface area contributed by atoms with Crippen molar-refractivity contribution >= 4 is 5.96 Å². The zero-order chi connectivity index (χ0) is 17.0. The van der Waals surface area contributed by atoms with E-state index in [0.29, 0.717) is 5.41 Å². The van der Waals surface area contributed by atoms with Crippen molar-refractivity contribution in [2.75, 3.05) is 65.6 Å². The van der Waals surface area contributed by atoms with E-state index < -0.39 is 0 Å². The zero-order valence-electron chi connectivity index (χ0n) is 15.6. The molecule has 0 amide bonds. The molecule has 3 aliphatic rings. The van der Waals surface area contributed by atoms with Crippen LogP contribution >= 0.6 is 0 Å². The maximum Gasteiger partial charge on any atom is 0.193 e. The van der Waals surface area contributed by atoms with Crippen LogP contribution in [0.2, 0.25) is 0 Å². The van der Waals surface area contributed by atoms with Gasteiger partial charge in [0, 0.05) is 51.3 Å². The predicted molar refractivity (Wildman–Crippen MR) is 96.5 cm³/mol. The van der Waals surface area contributed by atoms with E-state index in [2.05, 4.69) is 35.9 Å². The van der Waals surface area contributed by atoms with Gasteiger partial charge in [-0.2, -0.15) is 0 Å².